The Kier molecular flexibility index (Phi) is 4.81. The van der Waals surface area contributed by atoms with Crippen molar-refractivity contribution in [2.45, 2.75) is 18.4 Å². The number of hydrogen-bond donors (Lipinski definition) is 1. The first-order chi connectivity index (χ1) is 11.6. The van der Waals surface area contributed by atoms with E-state index in [9.17, 15) is 9.18 Å². The zero-order valence-corrected chi connectivity index (χ0v) is 13.5. The fraction of sp³-hybridized carbons (Fsp3) is 0.316. The molecule has 2 aromatic carbocycles. The van der Waals surface area contributed by atoms with E-state index >= 15 is 0 Å². The summed E-state index contributed by atoms with van der Waals surface area (Å²) < 4.78 is 24.4. The van der Waals surface area contributed by atoms with Crippen molar-refractivity contribution in [2.24, 2.45) is 0 Å². The molecule has 0 spiro atoms. The number of nitrogens with one attached hydrogen (secondary N) is 1. The summed E-state index contributed by atoms with van der Waals surface area (Å²) in [6.45, 7) is 0.158. The van der Waals surface area contributed by atoms with Crippen molar-refractivity contribution in [1.29, 1.82) is 0 Å². The van der Waals surface area contributed by atoms with Crippen LogP contribution in [0.3, 0.4) is 0 Å². The van der Waals surface area contributed by atoms with Crippen LogP contribution in [0.1, 0.15) is 11.1 Å². The Morgan fingerprint density at radius 3 is 2.38 bits per heavy atom. The van der Waals surface area contributed by atoms with Gasteiger partial charge in [-0.25, -0.2) is 4.39 Å². The van der Waals surface area contributed by atoms with Gasteiger partial charge < -0.3 is 14.8 Å². The predicted molar refractivity (Wildman–Crippen MR) is 88.5 cm³/mol. The molecule has 3 rings (SSSR count). The van der Waals surface area contributed by atoms with Crippen LogP contribution in [0.15, 0.2) is 48.5 Å². The second-order valence-corrected chi connectivity index (χ2v) is 6.01. The molecule has 126 valence electrons. The van der Waals surface area contributed by atoms with E-state index in [1.807, 2.05) is 12.1 Å². The molecular weight excluding hydrogens is 309 g/mol. The highest BCUT2D eigenvalue weighted by Gasteiger charge is 2.37. The van der Waals surface area contributed by atoms with Gasteiger partial charge in [0.05, 0.1) is 5.60 Å². The molecule has 1 amide bonds. The number of hydrogen-bond acceptors (Lipinski definition) is 3. The number of carbonyl (C=O) groups excluding carboxylic acids is 1. The lowest BCUT2D eigenvalue weighted by Crippen LogP contribution is -2.46. The van der Waals surface area contributed by atoms with Gasteiger partial charge >= 0.3 is 0 Å². The number of carbonyl (C=O) groups is 1. The van der Waals surface area contributed by atoms with Gasteiger partial charge in [-0.05, 0) is 23.3 Å². The fourth-order valence-corrected chi connectivity index (χ4v) is 3.02. The molecule has 0 aromatic heterocycles. The number of fused-ring (bicyclic) bond motifs is 1. The summed E-state index contributed by atoms with van der Waals surface area (Å²) in [6, 6.07) is 14.2. The molecule has 0 heterocycles. The van der Waals surface area contributed by atoms with Gasteiger partial charge in [-0.1, -0.05) is 36.4 Å². The maximum absolute atomic E-state index is 13.5. The largest absolute Gasteiger partial charge is 0.481 e. The minimum atomic E-state index is -0.482. The summed E-state index contributed by atoms with van der Waals surface area (Å²) in [5.74, 6) is -0.710. The van der Waals surface area contributed by atoms with E-state index in [4.69, 9.17) is 9.47 Å². The average molecular weight is 329 g/mol. The van der Waals surface area contributed by atoms with Crippen molar-refractivity contribution in [1.82, 2.24) is 5.32 Å². The van der Waals surface area contributed by atoms with Crippen molar-refractivity contribution in [2.75, 3.05) is 20.3 Å². The molecule has 0 saturated heterocycles. The second kappa shape index (κ2) is 7.01. The third-order valence-electron chi connectivity index (χ3n) is 4.38. The average Bonchev–Trinajstić information content (AvgIpc) is 2.98. The molecule has 1 aliphatic rings. The number of rotatable bonds is 6. The quantitative estimate of drug-likeness (QED) is 0.886. The zero-order chi connectivity index (χ0) is 17.0. The maximum Gasteiger partial charge on any atom is 0.258 e. The zero-order valence-electron chi connectivity index (χ0n) is 13.5. The fourth-order valence-electron chi connectivity index (χ4n) is 3.02. The van der Waals surface area contributed by atoms with Crippen LogP contribution in [0.2, 0.25) is 0 Å². The number of para-hydroxylation sites is 1. The molecule has 0 radical (unpaired) electrons. The standard InChI is InChI=1S/C19H20FNO3/c1-23-19(10-14-6-2-3-7-15(14)11-19)13-21-18(22)12-24-17-9-5-4-8-16(17)20/h2-9H,10-13H2,1H3,(H,21,22). The maximum atomic E-state index is 13.5. The summed E-state index contributed by atoms with van der Waals surface area (Å²) in [5.41, 5.74) is 2.06. The summed E-state index contributed by atoms with van der Waals surface area (Å²) in [4.78, 5) is 12.0. The van der Waals surface area contributed by atoms with E-state index in [2.05, 4.69) is 17.4 Å². The Morgan fingerprint density at radius 2 is 1.75 bits per heavy atom. The van der Waals surface area contributed by atoms with Gasteiger partial charge in [-0.2, -0.15) is 0 Å². The van der Waals surface area contributed by atoms with Crippen LogP contribution in [-0.2, 0) is 22.4 Å². The highest BCUT2D eigenvalue weighted by Crippen LogP contribution is 2.32. The molecule has 1 N–H and O–H groups in total. The molecule has 0 fully saturated rings. The van der Waals surface area contributed by atoms with E-state index in [0.29, 0.717) is 6.54 Å². The smallest absolute Gasteiger partial charge is 0.258 e. The lowest BCUT2D eigenvalue weighted by atomic mass is 10.00. The Bertz CT molecular complexity index is 707. The second-order valence-electron chi connectivity index (χ2n) is 6.01. The van der Waals surface area contributed by atoms with Gasteiger partial charge in [-0.3, -0.25) is 4.79 Å². The first-order valence-electron chi connectivity index (χ1n) is 7.88. The van der Waals surface area contributed by atoms with Crippen molar-refractivity contribution in [3.05, 3.63) is 65.5 Å². The highest BCUT2D eigenvalue weighted by molar-refractivity contribution is 5.77. The van der Waals surface area contributed by atoms with Crippen LogP contribution in [0, 0.1) is 5.82 Å². The minimum absolute atomic E-state index is 0.0716. The van der Waals surface area contributed by atoms with Gasteiger partial charge in [0.2, 0.25) is 0 Å². The summed E-state index contributed by atoms with van der Waals surface area (Å²) in [5, 5.41) is 2.83. The van der Waals surface area contributed by atoms with Gasteiger partial charge in [0.25, 0.3) is 5.91 Å². The molecule has 24 heavy (non-hydrogen) atoms. The minimum Gasteiger partial charge on any atom is -0.481 e. The Morgan fingerprint density at radius 1 is 1.12 bits per heavy atom. The van der Waals surface area contributed by atoms with Gasteiger partial charge in [0.1, 0.15) is 0 Å². The van der Waals surface area contributed by atoms with Crippen LogP contribution >= 0.6 is 0 Å². The normalized spacial score (nSPS) is 14.9. The van der Waals surface area contributed by atoms with Crippen molar-refractivity contribution >= 4 is 5.91 Å². The monoisotopic (exact) mass is 329 g/mol. The summed E-state index contributed by atoms with van der Waals surface area (Å²) >= 11 is 0. The molecule has 0 unspecified atom stereocenters. The number of methoxy groups -OCH3 is 1. The number of benzene rings is 2. The number of ether oxygens (including phenoxy) is 2. The van der Waals surface area contributed by atoms with Gasteiger partial charge in [-0.15, -0.1) is 0 Å². The number of halogens is 1. The van der Waals surface area contributed by atoms with Gasteiger partial charge in [0.15, 0.2) is 18.2 Å². The molecule has 0 atom stereocenters. The van der Waals surface area contributed by atoms with E-state index in [1.54, 1.807) is 19.2 Å². The van der Waals surface area contributed by atoms with Crippen LogP contribution in [-0.4, -0.2) is 31.8 Å². The third-order valence-corrected chi connectivity index (χ3v) is 4.38. The Balaban J connectivity index is 1.53. The molecule has 0 saturated carbocycles. The van der Waals surface area contributed by atoms with Crippen molar-refractivity contribution in [3.8, 4) is 5.75 Å². The highest BCUT2D eigenvalue weighted by atomic mass is 19.1. The Hall–Kier alpha value is -2.40. The summed E-state index contributed by atoms with van der Waals surface area (Å²) in [6.07, 6.45) is 1.52. The first-order valence-corrected chi connectivity index (χ1v) is 7.88. The first kappa shape index (κ1) is 16.5. The van der Waals surface area contributed by atoms with Crippen LogP contribution in [0.5, 0.6) is 5.75 Å². The lowest BCUT2D eigenvalue weighted by Gasteiger charge is -2.27. The topological polar surface area (TPSA) is 47.6 Å². The third kappa shape index (κ3) is 3.57. The Labute approximate surface area is 140 Å². The summed E-state index contributed by atoms with van der Waals surface area (Å²) in [7, 11) is 1.66. The molecule has 1 aliphatic carbocycles. The van der Waals surface area contributed by atoms with E-state index < -0.39 is 11.4 Å². The molecule has 4 nitrogen and oxygen atoms in total. The van der Waals surface area contributed by atoms with E-state index in [0.717, 1.165) is 12.8 Å². The van der Waals surface area contributed by atoms with E-state index in [1.165, 1.54) is 23.3 Å². The SMILES string of the molecule is COC1(CNC(=O)COc2ccccc2F)Cc2ccccc2C1. The van der Waals surface area contributed by atoms with Crippen LogP contribution in [0.25, 0.3) is 0 Å². The lowest BCUT2D eigenvalue weighted by molar-refractivity contribution is -0.124. The van der Waals surface area contributed by atoms with Crippen LogP contribution in [0.4, 0.5) is 4.39 Å². The van der Waals surface area contributed by atoms with Gasteiger partial charge in [0, 0.05) is 26.5 Å². The predicted octanol–water partition coefficient (Wildman–Crippen LogP) is 2.50. The molecule has 0 bridgehead atoms. The molecule has 2 aromatic rings. The molecule has 5 heteroatoms. The van der Waals surface area contributed by atoms with Crippen LogP contribution < -0.4 is 10.1 Å². The van der Waals surface area contributed by atoms with E-state index in [-0.39, 0.29) is 18.3 Å². The molecular formula is C19H20FNO3. The number of amides is 1. The van der Waals surface area contributed by atoms with Crippen molar-refractivity contribution < 1.29 is 18.7 Å². The molecule has 0 aliphatic heterocycles. The van der Waals surface area contributed by atoms with Crippen molar-refractivity contribution in [3.63, 3.8) is 0 Å².